The molecule has 0 amide bonds. The molecule has 0 unspecified atom stereocenters. The zero-order valence-corrected chi connectivity index (χ0v) is 8.50. The summed E-state index contributed by atoms with van der Waals surface area (Å²) in [6, 6.07) is 0. The van der Waals surface area contributed by atoms with Crippen LogP contribution in [0, 0.1) is 0 Å². The summed E-state index contributed by atoms with van der Waals surface area (Å²) in [5, 5.41) is 0.648. The Kier molecular flexibility index (Phi) is 4.55. The number of hydrogen-bond acceptors (Lipinski definition) is 4. The van der Waals surface area contributed by atoms with Crippen molar-refractivity contribution in [1.29, 1.82) is 0 Å². The van der Waals surface area contributed by atoms with Crippen LogP contribution in [0.4, 0.5) is 0 Å². The van der Waals surface area contributed by atoms with Gasteiger partial charge < -0.3 is 4.43 Å². The fourth-order valence-corrected chi connectivity index (χ4v) is 5.76. The highest BCUT2D eigenvalue weighted by Gasteiger charge is 2.00. The molecule has 6 heteroatoms. The average molecular weight is 186 g/mol. The van der Waals surface area contributed by atoms with Gasteiger partial charge in [0.05, 0.1) is 0 Å². The monoisotopic (exact) mass is 186 g/mol. The summed E-state index contributed by atoms with van der Waals surface area (Å²) < 4.78 is 25.7. The smallest absolute Gasteiger partial charge is 0.198 e. The van der Waals surface area contributed by atoms with Crippen molar-refractivity contribution in [2.75, 3.05) is 18.7 Å². The average Bonchev–Trinajstić information content (AvgIpc) is 1.63. The van der Waals surface area contributed by atoms with E-state index in [-0.39, 0.29) is 0 Å². The second-order valence-corrected chi connectivity index (χ2v) is 8.31. The van der Waals surface area contributed by atoms with Crippen molar-refractivity contribution in [3.8, 4) is 0 Å². The van der Waals surface area contributed by atoms with Crippen molar-refractivity contribution in [1.82, 2.24) is 0 Å². The molecule has 0 N–H and O–H groups in total. The van der Waals surface area contributed by atoms with Crippen molar-refractivity contribution in [3.05, 3.63) is 0 Å². The van der Waals surface area contributed by atoms with Crippen LogP contribution in [-0.4, -0.2) is 36.9 Å². The van der Waals surface area contributed by atoms with Gasteiger partial charge >= 0.3 is 0 Å². The van der Waals surface area contributed by atoms with E-state index in [1.807, 2.05) is 0 Å². The first kappa shape index (κ1) is 9.48. The lowest BCUT2D eigenvalue weighted by molar-refractivity contribution is 0.446. The van der Waals surface area contributed by atoms with Gasteiger partial charge in [-0.15, -0.1) is 0 Å². The maximum Gasteiger partial charge on any atom is 0.198 e. The van der Waals surface area contributed by atoms with Crippen molar-refractivity contribution in [3.63, 3.8) is 0 Å². The zero-order chi connectivity index (χ0) is 7.33. The lowest BCUT2D eigenvalue weighted by atomic mass is 11.8. The Bertz CT molecular complexity index is 152. The van der Waals surface area contributed by atoms with E-state index in [1.165, 1.54) is 6.26 Å². The summed E-state index contributed by atoms with van der Waals surface area (Å²) in [5.41, 5.74) is 0. The van der Waals surface area contributed by atoms with Crippen molar-refractivity contribution in [2.24, 2.45) is 0 Å². The molecule has 0 spiro atoms. The number of rotatable bonds is 4. The molecule has 0 radical (unpaired) electrons. The third-order valence-electron chi connectivity index (χ3n) is 0.585. The minimum atomic E-state index is -2.82. The molecule has 0 aliphatic heterocycles. The first-order chi connectivity index (χ1) is 4.06. The minimum Gasteiger partial charge on any atom is -0.426 e. The fraction of sp³-hybridized carbons (Fsp3) is 1.00. The standard InChI is InChI=1S/C3H10O3S2Si/c1-6-9-3-7-8(2,4)5/h3,9H2,1-2H3. The molecule has 0 saturated carbocycles. The molecular weight excluding hydrogens is 176 g/mol. The molecule has 0 fully saturated rings. The third kappa shape index (κ3) is 8.48. The molecule has 9 heavy (non-hydrogen) atoms. The lowest BCUT2D eigenvalue weighted by Gasteiger charge is -1.93. The maximum absolute atomic E-state index is 10.4. The Hall–Kier alpha value is 0.477. The Labute approximate surface area is 61.4 Å². The van der Waals surface area contributed by atoms with Crippen LogP contribution in [0.5, 0.6) is 0 Å². The highest BCUT2D eigenvalue weighted by atomic mass is 33.1. The molecule has 0 aliphatic carbocycles. The van der Waals surface area contributed by atoms with Crippen LogP contribution in [0.3, 0.4) is 0 Å². The van der Waals surface area contributed by atoms with E-state index in [0.29, 0.717) is 5.38 Å². The first-order valence-corrected chi connectivity index (χ1v) is 7.37. The fourth-order valence-electron chi connectivity index (χ4n) is 0.269. The molecule has 3 nitrogen and oxygen atoms in total. The second kappa shape index (κ2) is 4.32. The molecule has 56 valence electrons. The van der Waals surface area contributed by atoms with Gasteiger partial charge in [0.15, 0.2) is 18.6 Å². The molecule has 0 aromatic carbocycles. The minimum absolute atomic E-state index is 0.574. The van der Waals surface area contributed by atoms with Gasteiger partial charge in [-0.2, -0.15) is 0 Å². The Morgan fingerprint density at radius 3 is 2.56 bits per heavy atom. The topological polar surface area (TPSA) is 43.4 Å². The SMILES string of the molecule is CO[SiH2]CSS(C)(=O)=O. The molecular formula is C3H10O3S2Si. The predicted molar refractivity (Wildman–Crippen MR) is 42.9 cm³/mol. The molecule has 0 atom stereocenters. The summed E-state index contributed by atoms with van der Waals surface area (Å²) >= 11 is 0. The molecule has 0 rings (SSSR count). The summed E-state index contributed by atoms with van der Waals surface area (Å²) in [4.78, 5) is 0. The van der Waals surface area contributed by atoms with E-state index < -0.39 is 18.6 Å². The van der Waals surface area contributed by atoms with Gasteiger partial charge in [-0.1, -0.05) is 0 Å². The van der Waals surface area contributed by atoms with Crippen LogP contribution in [0.1, 0.15) is 0 Å². The van der Waals surface area contributed by atoms with Gasteiger partial charge in [0.1, 0.15) is 0 Å². The van der Waals surface area contributed by atoms with Gasteiger partial charge in [0.2, 0.25) is 0 Å². The van der Waals surface area contributed by atoms with E-state index in [0.717, 1.165) is 10.8 Å². The summed E-state index contributed by atoms with van der Waals surface area (Å²) in [5.74, 6) is 0. The quantitative estimate of drug-likeness (QED) is 0.333. The molecule has 0 heterocycles. The molecule has 0 aromatic rings. The highest BCUT2D eigenvalue weighted by Crippen LogP contribution is 2.06. The van der Waals surface area contributed by atoms with Gasteiger partial charge in [-0.3, -0.25) is 0 Å². The van der Waals surface area contributed by atoms with Crippen LogP contribution in [0.25, 0.3) is 0 Å². The van der Waals surface area contributed by atoms with Crippen LogP contribution in [0.2, 0.25) is 0 Å². The summed E-state index contributed by atoms with van der Waals surface area (Å²) in [6.45, 7) is 0. The highest BCUT2D eigenvalue weighted by molar-refractivity contribution is 8.72. The number of hydrogen-bond donors (Lipinski definition) is 0. The Morgan fingerprint density at radius 2 is 2.22 bits per heavy atom. The van der Waals surface area contributed by atoms with E-state index in [2.05, 4.69) is 0 Å². The van der Waals surface area contributed by atoms with Gasteiger partial charge in [0, 0.05) is 18.7 Å². The van der Waals surface area contributed by atoms with Crippen molar-refractivity contribution in [2.45, 2.75) is 0 Å². The normalized spacial score (nSPS) is 13.1. The van der Waals surface area contributed by atoms with Crippen LogP contribution in [0.15, 0.2) is 0 Å². The van der Waals surface area contributed by atoms with E-state index in [4.69, 9.17) is 4.43 Å². The largest absolute Gasteiger partial charge is 0.426 e. The van der Waals surface area contributed by atoms with E-state index in [9.17, 15) is 8.42 Å². The first-order valence-electron chi connectivity index (χ1n) is 2.39. The molecule has 0 bridgehead atoms. The van der Waals surface area contributed by atoms with Crippen LogP contribution >= 0.6 is 10.8 Å². The predicted octanol–water partition coefficient (Wildman–Crippen LogP) is -0.633. The van der Waals surface area contributed by atoms with E-state index in [1.54, 1.807) is 7.11 Å². The third-order valence-corrected chi connectivity index (χ3v) is 5.54. The summed E-state index contributed by atoms with van der Waals surface area (Å²) in [7, 11) is -0.826. The van der Waals surface area contributed by atoms with Crippen LogP contribution < -0.4 is 0 Å². The van der Waals surface area contributed by atoms with Crippen molar-refractivity contribution < 1.29 is 12.8 Å². The van der Waals surface area contributed by atoms with Crippen molar-refractivity contribution >= 4 is 29.4 Å². The molecule has 0 aliphatic rings. The Balaban J connectivity index is 3.30. The summed E-state index contributed by atoms with van der Waals surface area (Å²) in [6.07, 6.45) is 1.21. The van der Waals surface area contributed by atoms with Gasteiger partial charge in [0.25, 0.3) is 0 Å². The maximum atomic E-state index is 10.4. The zero-order valence-electron chi connectivity index (χ0n) is 5.46. The lowest BCUT2D eigenvalue weighted by Crippen LogP contribution is -2.00. The van der Waals surface area contributed by atoms with Gasteiger partial charge in [-0.25, -0.2) is 8.42 Å². The van der Waals surface area contributed by atoms with Crippen LogP contribution in [-0.2, 0) is 13.3 Å². The Morgan fingerprint density at radius 1 is 1.67 bits per heavy atom. The second-order valence-electron chi connectivity index (χ2n) is 1.52. The molecule has 0 saturated heterocycles. The molecule has 0 aromatic heterocycles. The van der Waals surface area contributed by atoms with Gasteiger partial charge in [-0.05, 0) is 10.8 Å². The van der Waals surface area contributed by atoms with E-state index >= 15 is 0 Å².